The van der Waals surface area contributed by atoms with Gasteiger partial charge in [-0.1, -0.05) is 50.8 Å². The van der Waals surface area contributed by atoms with Gasteiger partial charge in [-0.15, -0.1) is 11.3 Å². The van der Waals surface area contributed by atoms with E-state index in [9.17, 15) is 8.42 Å². The number of hydrogen-bond donors (Lipinski definition) is 1. The average Bonchev–Trinajstić information content (AvgIpc) is 3.37. The van der Waals surface area contributed by atoms with Crippen LogP contribution >= 0.6 is 11.3 Å². The maximum absolute atomic E-state index is 13.0. The van der Waals surface area contributed by atoms with Gasteiger partial charge < -0.3 is 5.32 Å². The molecule has 0 saturated heterocycles. The Morgan fingerprint density at radius 3 is 2.53 bits per heavy atom. The SMILES string of the molecule is CC1=C(Nc2cccc(-c3ccc(S(=O)(=O)C4CCCCC4)s3)c2)C=C(C(C)C)C1. The summed E-state index contributed by atoms with van der Waals surface area (Å²) in [7, 11) is -3.21. The molecule has 0 aliphatic heterocycles. The molecule has 0 unspecified atom stereocenters. The van der Waals surface area contributed by atoms with E-state index >= 15 is 0 Å². The van der Waals surface area contributed by atoms with Crippen LogP contribution in [0, 0.1) is 5.92 Å². The number of sulfone groups is 1. The first kappa shape index (κ1) is 21.4. The fourth-order valence-electron chi connectivity index (χ4n) is 4.35. The molecule has 1 saturated carbocycles. The van der Waals surface area contributed by atoms with Crippen molar-refractivity contribution in [3.8, 4) is 10.4 Å². The Hall–Kier alpha value is -1.85. The van der Waals surface area contributed by atoms with Crippen molar-refractivity contribution in [3.05, 3.63) is 59.3 Å². The molecule has 2 aromatic rings. The van der Waals surface area contributed by atoms with E-state index in [-0.39, 0.29) is 5.25 Å². The molecule has 1 heterocycles. The molecule has 160 valence electrons. The van der Waals surface area contributed by atoms with Crippen LogP contribution in [0.1, 0.15) is 59.3 Å². The minimum Gasteiger partial charge on any atom is -0.356 e. The first-order valence-corrected chi connectivity index (χ1v) is 13.3. The van der Waals surface area contributed by atoms with Crippen molar-refractivity contribution in [3.63, 3.8) is 0 Å². The predicted octanol–water partition coefficient (Wildman–Crippen LogP) is 7.19. The van der Waals surface area contributed by atoms with Crippen molar-refractivity contribution >= 4 is 26.9 Å². The van der Waals surface area contributed by atoms with Gasteiger partial charge in [-0.3, -0.25) is 0 Å². The summed E-state index contributed by atoms with van der Waals surface area (Å²) in [6, 6.07) is 12.0. The molecular formula is C25H31NO2S2. The fourth-order valence-corrected chi connectivity index (χ4v) is 7.76. The van der Waals surface area contributed by atoms with Crippen molar-refractivity contribution in [2.24, 2.45) is 5.92 Å². The average molecular weight is 442 g/mol. The second-order valence-electron chi connectivity index (χ2n) is 8.87. The number of allylic oxidation sites excluding steroid dienone is 3. The molecule has 5 heteroatoms. The predicted molar refractivity (Wildman–Crippen MR) is 128 cm³/mol. The third-order valence-electron chi connectivity index (χ3n) is 6.28. The van der Waals surface area contributed by atoms with Gasteiger partial charge in [0.05, 0.1) is 5.25 Å². The molecule has 1 N–H and O–H groups in total. The number of benzene rings is 1. The van der Waals surface area contributed by atoms with Gasteiger partial charge >= 0.3 is 0 Å². The lowest BCUT2D eigenvalue weighted by atomic mass is 10.0. The van der Waals surface area contributed by atoms with E-state index in [0.717, 1.165) is 54.7 Å². The number of rotatable bonds is 6. The lowest BCUT2D eigenvalue weighted by molar-refractivity contribution is 0.484. The van der Waals surface area contributed by atoms with Gasteiger partial charge in [0.25, 0.3) is 0 Å². The van der Waals surface area contributed by atoms with E-state index < -0.39 is 9.84 Å². The van der Waals surface area contributed by atoms with Gasteiger partial charge in [-0.2, -0.15) is 0 Å². The Balaban J connectivity index is 1.54. The molecule has 0 atom stereocenters. The van der Waals surface area contributed by atoms with Crippen molar-refractivity contribution in [2.45, 2.75) is 68.8 Å². The van der Waals surface area contributed by atoms with E-state index in [1.54, 1.807) is 6.07 Å². The Bertz CT molecular complexity index is 1080. The second-order valence-corrected chi connectivity index (χ2v) is 12.4. The normalized spacial score (nSPS) is 18.2. The monoisotopic (exact) mass is 441 g/mol. The molecule has 0 spiro atoms. The highest BCUT2D eigenvalue weighted by Gasteiger charge is 2.30. The summed E-state index contributed by atoms with van der Waals surface area (Å²) >= 11 is 1.40. The highest BCUT2D eigenvalue weighted by Crippen LogP contribution is 2.37. The Labute approximate surface area is 184 Å². The van der Waals surface area contributed by atoms with Gasteiger partial charge in [-0.05, 0) is 73.6 Å². The van der Waals surface area contributed by atoms with Crippen molar-refractivity contribution in [1.29, 1.82) is 0 Å². The minimum atomic E-state index is -3.21. The smallest absolute Gasteiger partial charge is 0.190 e. The molecule has 1 fully saturated rings. The fraction of sp³-hybridized carbons (Fsp3) is 0.440. The van der Waals surface area contributed by atoms with Crippen LogP contribution in [0.25, 0.3) is 10.4 Å². The largest absolute Gasteiger partial charge is 0.356 e. The number of nitrogens with one attached hydrogen (secondary N) is 1. The molecule has 0 bridgehead atoms. The van der Waals surface area contributed by atoms with Gasteiger partial charge in [0, 0.05) is 16.3 Å². The van der Waals surface area contributed by atoms with Crippen LogP contribution in [0.4, 0.5) is 5.69 Å². The Morgan fingerprint density at radius 1 is 1.07 bits per heavy atom. The molecule has 0 amide bonds. The zero-order valence-electron chi connectivity index (χ0n) is 18.1. The zero-order chi connectivity index (χ0) is 21.3. The maximum atomic E-state index is 13.0. The van der Waals surface area contributed by atoms with Crippen LogP contribution in [0.15, 0.2) is 63.5 Å². The standard InChI is InChI=1S/C25H31NO2S2/c1-17(2)20-14-18(3)23(16-20)26-21-9-7-8-19(15-21)24-12-13-25(29-24)30(27,28)22-10-5-4-6-11-22/h7-9,12-13,15-17,22,26H,4-6,10-11,14H2,1-3H3. The molecule has 30 heavy (non-hydrogen) atoms. The second kappa shape index (κ2) is 8.72. The van der Waals surface area contributed by atoms with E-state index in [4.69, 9.17) is 0 Å². The molecule has 1 aromatic carbocycles. The first-order valence-electron chi connectivity index (χ1n) is 11.0. The zero-order valence-corrected chi connectivity index (χ0v) is 19.7. The van der Waals surface area contributed by atoms with Crippen molar-refractivity contribution in [2.75, 3.05) is 5.32 Å². The molecule has 4 rings (SSSR count). The van der Waals surface area contributed by atoms with E-state index in [1.807, 2.05) is 12.1 Å². The molecule has 3 nitrogen and oxygen atoms in total. The molecule has 2 aliphatic carbocycles. The highest BCUT2D eigenvalue weighted by molar-refractivity contribution is 7.94. The number of thiophene rings is 1. The highest BCUT2D eigenvalue weighted by atomic mass is 32.2. The molecular weight excluding hydrogens is 410 g/mol. The van der Waals surface area contributed by atoms with E-state index in [0.29, 0.717) is 10.1 Å². The summed E-state index contributed by atoms with van der Waals surface area (Å²) in [5, 5.41) is 3.36. The summed E-state index contributed by atoms with van der Waals surface area (Å²) in [6.45, 7) is 6.65. The first-order chi connectivity index (χ1) is 14.3. The van der Waals surface area contributed by atoms with Gasteiger partial charge in [0.15, 0.2) is 9.84 Å². The van der Waals surface area contributed by atoms with Crippen LogP contribution < -0.4 is 5.32 Å². The van der Waals surface area contributed by atoms with Gasteiger partial charge in [-0.25, -0.2) is 8.42 Å². The lowest BCUT2D eigenvalue weighted by Gasteiger charge is -2.20. The molecule has 2 aliphatic rings. The third kappa shape index (κ3) is 4.42. The molecule has 1 aromatic heterocycles. The quantitative estimate of drug-likeness (QED) is 0.516. The lowest BCUT2D eigenvalue weighted by Crippen LogP contribution is -2.23. The van der Waals surface area contributed by atoms with Crippen LogP contribution in [-0.4, -0.2) is 13.7 Å². The number of hydrogen-bond acceptors (Lipinski definition) is 4. The van der Waals surface area contributed by atoms with E-state index in [2.05, 4.69) is 50.4 Å². The number of anilines is 1. The van der Waals surface area contributed by atoms with Crippen LogP contribution in [-0.2, 0) is 9.84 Å². The summed E-state index contributed by atoms with van der Waals surface area (Å²) < 4.78 is 26.6. The Kier molecular flexibility index (Phi) is 6.21. The van der Waals surface area contributed by atoms with Gasteiger partial charge in [0.1, 0.15) is 4.21 Å². The summed E-state index contributed by atoms with van der Waals surface area (Å²) in [6.07, 6.45) is 8.12. The van der Waals surface area contributed by atoms with Crippen LogP contribution in [0.3, 0.4) is 0 Å². The van der Waals surface area contributed by atoms with Gasteiger partial charge in [0.2, 0.25) is 0 Å². The topological polar surface area (TPSA) is 46.2 Å². The Morgan fingerprint density at radius 2 is 1.83 bits per heavy atom. The van der Waals surface area contributed by atoms with E-state index in [1.165, 1.54) is 28.2 Å². The van der Waals surface area contributed by atoms with Crippen molar-refractivity contribution < 1.29 is 8.42 Å². The maximum Gasteiger partial charge on any atom is 0.190 e. The molecule has 0 radical (unpaired) electrons. The van der Waals surface area contributed by atoms with Crippen LogP contribution in [0.5, 0.6) is 0 Å². The third-order valence-corrected chi connectivity index (χ3v) is 10.2. The minimum absolute atomic E-state index is 0.204. The van der Waals surface area contributed by atoms with Crippen LogP contribution in [0.2, 0.25) is 0 Å². The summed E-state index contributed by atoms with van der Waals surface area (Å²) in [4.78, 5) is 1.00. The summed E-state index contributed by atoms with van der Waals surface area (Å²) in [5.41, 5.74) is 6.10. The van der Waals surface area contributed by atoms with Crippen molar-refractivity contribution in [1.82, 2.24) is 0 Å². The summed E-state index contributed by atoms with van der Waals surface area (Å²) in [5.74, 6) is 0.557.